The Balaban J connectivity index is 0.606. The maximum atomic E-state index is 6.88. The van der Waals surface area contributed by atoms with Gasteiger partial charge in [0.1, 0.15) is 33.6 Å². The molecule has 528 valence electrons. The first-order chi connectivity index (χ1) is 56.5. The Morgan fingerprint density at radius 2 is 0.640 bits per heavy atom. The molecule has 0 N–H and O–H groups in total. The van der Waals surface area contributed by atoms with Gasteiger partial charge in [-0.25, -0.2) is 19.9 Å². The average Bonchev–Trinajstić information content (AvgIpc) is 1.49. The van der Waals surface area contributed by atoms with Crippen molar-refractivity contribution in [2.75, 3.05) is 0 Å². The smallest absolute Gasteiger partial charge is 0.236 e. The monoisotopic (exact) mass is 1490 g/mol. The van der Waals surface area contributed by atoms with Gasteiger partial charge in [-0.3, -0.25) is 9.13 Å². The van der Waals surface area contributed by atoms with E-state index in [0.717, 1.165) is 132 Å². The van der Waals surface area contributed by atoms with Crippen LogP contribution < -0.4 is 0 Å². The van der Waals surface area contributed by atoms with E-state index >= 15 is 0 Å². The third-order valence-electron chi connectivity index (χ3n) is 24.9. The van der Waals surface area contributed by atoms with Crippen molar-refractivity contribution in [1.29, 1.82) is 0 Å². The van der Waals surface area contributed by atoms with E-state index in [1.807, 2.05) is 47.8 Å². The van der Waals surface area contributed by atoms with Crippen molar-refractivity contribution < 1.29 is 8.83 Å². The zero-order chi connectivity index (χ0) is 74.2. The van der Waals surface area contributed by atoms with E-state index in [1.165, 1.54) is 86.3 Å². The SMILES string of the molecule is c1cc(-c2ccc(-c3nc(-n4c5ccccc5c5cc6c(cc54)C4(c5ccccc5S6)c5ccccc5-c5ccccc54)nc4c3oc3ccccc34)cc2)cc(-c2ccc3c(c2)-c2ccccc2C32c3ccccc3Sc3cc4c5ccccc5n(-c5nc(-c6cccc7ccccc67)c6oc7ccccc7c6n5)c4cc32)c1. The van der Waals surface area contributed by atoms with Crippen LogP contribution in [0.25, 0.3) is 177 Å². The third kappa shape index (κ3) is 8.38. The molecule has 0 amide bonds. The van der Waals surface area contributed by atoms with E-state index in [9.17, 15) is 0 Å². The van der Waals surface area contributed by atoms with Crippen LogP contribution in [-0.4, -0.2) is 29.1 Å². The Hall–Kier alpha value is -14.2. The Morgan fingerprint density at radius 1 is 0.237 bits per heavy atom. The van der Waals surface area contributed by atoms with Gasteiger partial charge in [0.25, 0.3) is 0 Å². The van der Waals surface area contributed by atoms with Crippen molar-refractivity contribution >= 4 is 122 Å². The van der Waals surface area contributed by atoms with Crippen molar-refractivity contribution in [1.82, 2.24) is 29.1 Å². The second-order valence-corrected chi connectivity index (χ2v) is 32.7. The first-order valence-electron chi connectivity index (χ1n) is 38.7. The molecule has 16 aromatic carbocycles. The minimum Gasteiger partial charge on any atom is -0.452 e. The number of benzene rings is 16. The molecule has 8 nitrogen and oxygen atoms in total. The molecule has 0 bridgehead atoms. The summed E-state index contributed by atoms with van der Waals surface area (Å²) in [5.41, 5.74) is 30.2. The van der Waals surface area contributed by atoms with Crippen LogP contribution in [-0.2, 0) is 10.8 Å². The largest absolute Gasteiger partial charge is 0.452 e. The van der Waals surface area contributed by atoms with Gasteiger partial charge < -0.3 is 8.83 Å². The zero-order valence-electron chi connectivity index (χ0n) is 60.8. The first-order valence-corrected chi connectivity index (χ1v) is 40.4. The molecule has 0 radical (unpaired) electrons. The Kier molecular flexibility index (Phi) is 12.7. The van der Waals surface area contributed by atoms with Crippen molar-refractivity contribution in [2.45, 2.75) is 30.4 Å². The Bertz CT molecular complexity index is 7990. The van der Waals surface area contributed by atoms with Gasteiger partial charge in [0, 0.05) is 63.0 Å². The van der Waals surface area contributed by atoms with E-state index in [2.05, 4.69) is 337 Å². The quantitative estimate of drug-likeness (QED) is 0.163. The molecular formula is C104H58N6O2S2. The van der Waals surface area contributed by atoms with Gasteiger partial charge in [0.05, 0.1) is 32.9 Å². The fourth-order valence-corrected chi connectivity index (χ4v) is 22.6. The number of rotatable bonds is 6. The van der Waals surface area contributed by atoms with Crippen molar-refractivity contribution in [2.24, 2.45) is 0 Å². The van der Waals surface area contributed by atoms with E-state index in [4.69, 9.17) is 28.8 Å². The highest BCUT2D eigenvalue weighted by molar-refractivity contribution is 7.99. The standard InChI is InChI=1S/C104H58N6O2S2/c1-2-27-65-60(23-1)24-22-35-71(65)96-100-98(73-34-9-18-44-90(73)112-100)108-102(106-96)110-86-42-16-7-32-70(86)76-56-94-84(58-88(76)110)104(82-40-14-20-46-92(82)114-94)79-38-12-5-30-68(79)74-54-64(51-52-80(74)104)63-26-21-25-62(53-63)59-47-49-61(50-48-59)95-99-97(72-33-8-17-43-89(72)111-99)107-101(105-95)109-85-41-15-6-31-69(85)75-55-93-83(57-87(75)109)103(81-39-13-19-45-91(81)113-93)77-36-10-3-28-66(77)67-29-4-11-37-78(67)103/h1-58H. The zero-order valence-corrected chi connectivity index (χ0v) is 62.4. The predicted octanol–water partition coefficient (Wildman–Crippen LogP) is 26.7. The summed E-state index contributed by atoms with van der Waals surface area (Å²) in [6.07, 6.45) is 0. The summed E-state index contributed by atoms with van der Waals surface area (Å²) in [4.78, 5) is 27.5. The molecule has 1 atom stereocenters. The van der Waals surface area contributed by atoms with Crippen LogP contribution in [0, 0.1) is 0 Å². The molecular weight excluding hydrogens is 1430 g/mol. The summed E-state index contributed by atoms with van der Waals surface area (Å²) in [6, 6.07) is 129. The highest BCUT2D eigenvalue weighted by Gasteiger charge is 2.52. The van der Waals surface area contributed by atoms with Crippen LogP contribution in [0.5, 0.6) is 0 Å². The highest BCUT2D eigenvalue weighted by Crippen LogP contribution is 2.65. The molecule has 2 aliphatic carbocycles. The van der Waals surface area contributed by atoms with Crippen LogP contribution in [0.2, 0.25) is 0 Å². The number of aromatic nitrogens is 6. The molecule has 4 aliphatic rings. The number of furan rings is 2. The molecule has 22 aromatic rings. The highest BCUT2D eigenvalue weighted by atomic mass is 32.2. The first kappa shape index (κ1) is 62.6. The number of hydrogen-bond donors (Lipinski definition) is 0. The number of fused-ring (bicyclic) bond motifs is 31. The van der Waals surface area contributed by atoms with Crippen molar-refractivity contribution in [3.05, 3.63) is 396 Å². The van der Waals surface area contributed by atoms with Crippen LogP contribution in [0.4, 0.5) is 0 Å². The van der Waals surface area contributed by atoms with Gasteiger partial charge in [-0.2, -0.15) is 0 Å². The van der Waals surface area contributed by atoms with Gasteiger partial charge >= 0.3 is 0 Å². The van der Waals surface area contributed by atoms with Gasteiger partial charge in [-0.1, -0.05) is 290 Å². The molecule has 0 fully saturated rings. The fraction of sp³-hybridized carbons (Fsp3) is 0.0192. The summed E-state index contributed by atoms with van der Waals surface area (Å²) in [5.74, 6) is 1.16. The van der Waals surface area contributed by atoms with Crippen LogP contribution in [0.15, 0.2) is 380 Å². The lowest BCUT2D eigenvalue weighted by Crippen LogP contribution is -2.32. The van der Waals surface area contributed by atoms with E-state index in [1.54, 1.807) is 0 Å². The summed E-state index contributed by atoms with van der Waals surface area (Å²) in [6.45, 7) is 0. The van der Waals surface area contributed by atoms with Crippen molar-refractivity contribution in [3.63, 3.8) is 0 Å². The number of para-hydroxylation sites is 4. The molecule has 8 heterocycles. The summed E-state index contributed by atoms with van der Waals surface area (Å²) >= 11 is 3.73. The molecule has 0 saturated heterocycles. The molecule has 10 heteroatoms. The number of nitrogens with zero attached hydrogens (tertiary/aromatic N) is 6. The average molecular weight is 1490 g/mol. The molecule has 0 saturated carbocycles. The minimum atomic E-state index is -0.687. The fourth-order valence-electron chi connectivity index (χ4n) is 20.2. The molecule has 6 aromatic heterocycles. The maximum Gasteiger partial charge on any atom is 0.236 e. The van der Waals surface area contributed by atoms with E-state index < -0.39 is 10.8 Å². The maximum absolute atomic E-state index is 6.88. The molecule has 114 heavy (non-hydrogen) atoms. The van der Waals surface area contributed by atoms with Crippen LogP contribution in [0.3, 0.4) is 0 Å². The summed E-state index contributed by atoms with van der Waals surface area (Å²) < 4.78 is 18.3. The second kappa shape index (κ2) is 23.2. The molecule has 26 rings (SSSR count). The van der Waals surface area contributed by atoms with Crippen LogP contribution >= 0.6 is 23.5 Å². The van der Waals surface area contributed by atoms with E-state index in [0.29, 0.717) is 23.1 Å². The lowest BCUT2D eigenvalue weighted by atomic mass is 9.67. The molecule has 2 spiro atoms. The van der Waals surface area contributed by atoms with E-state index in [-0.39, 0.29) is 0 Å². The molecule has 2 aliphatic heterocycles. The van der Waals surface area contributed by atoms with Gasteiger partial charge in [-0.05, 0) is 185 Å². The predicted molar refractivity (Wildman–Crippen MR) is 463 cm³/mol. The molecule has 1 unspecified atom stereocenters. The second-order valence-electron chi connectivity index (χ2n) is 30.5. The third-order valence-corrected chi connectivity index (χ3v) is 27.2. The van der Waals surface area contributed by atoms with Gasteiger partial charge in [0.2, 0.25) is 11.9 Å². The lowest BCUT2D eigenvalue weighted by Gasteiger charge is -2.39. The Labute approximate surface area is 661 Å². The van der Waals surface area contributed by atoms with Crippen LogP contribution in [0.1, 0.15) is 44.5 Å². The van der Waals surface area contributed by atoms with Gasteiger partial charge in [-0.15, -0.1) is 0 Å². The number of hydrogen-bond acceptors (Lipinski definition) is 8. The summed E-state index contributed by atoms with van der Waals surface area (Å²) in [7, 11) is 0. The topological polar surface area (TPSA) is 87.7 Å². The lowest BCUT2D eigenvalue weighted by molar-refractivity contribution is 0.666. The van der Waals surface area contributed by atoms with Gasteiger partial charge in [0.15, 0.2) is 11.2 Å². The van der Waals surface area contributed by atoms with Crippen molar-refractivity contribution in [3.8, 4) is 78.9 Å². The Morgan fingerprint density at radius 3 is 1.22 bits per heavy atom. The normalized spacial score (nSPS) is 14.7. The minimum absolute atomic E-state index is 0.565. The summed E-state index contributed by atoms with van der Waals surface area (Å²) in [5, 5.41) is 8.66.